The topological polar surface area (TPSA) is 79.0 Å². The number of anilines is 1. The Morgan fingerprint density at radius 2 is 1.88 bits per heavy atom. The third kappa shape index (κ3) is 3.20. The molecule has 7 heteroatoms. The number of likely N-dealkylation sites (tertiary alicyclic amines) is 1. The number of piperidine rings is 1. The lowest BCUT2D eigenvalue weighted by molar-refractivity contribution is -0.127. The standard InChI is InChI=1S/C17H21N3O4/c1-11-3-4-13(9-12(11)2)18-16(22)19-7-5-14(6-8-19)20-15(21)10-24-17(20)23/h3-4,9,14H,5-8,10H2,1-2H3,(H,18,22). The molecule has 24 heavy (non-hydrogen) atoms. The number of hydrogen-bond acceptors (Lipinski definition) is 4. The summed E-state index contributed by atoms with van der Waals surface area (Å²) < 4.78 is 4.75. The van der Waals surface area contributed by atoms with Crippen LogP contribution in [0.15, 0.2) is 18.2 Å². The molecule has 7 nitrogen and oxygen atoms in total. The third-order valence-electron chi connectivity index (χ3n) is 4.66. The summed E-state index contributed by atoms with van der Waals surface area (Å²) in [6.45, 7) is 4.85. The van der Waals surface area contributed by atoms with Crippen molar-refractivity contribution < 1.29 is 19.1 Å². The van der Waals surface area contributed by atoms with Crippen molar-refractivity contribution in [3.05, 3.63) is 29.3 Å². The molecule has 128 valence electrons. The van der Waals surface area contributed by atoms with Crippen molar-refractivity contribution in [1.82, 2.24) is 9.80 Å². The average molecular weight is 331 g/mol. The highest BCUT2D eigenvalue weighted by Crippen LogP contribution is 2.22. The Kier molecular flexibility index (Phi) is 4.42. The molecule has 0 aliphatic carbocycles. The molecule has 4 amide bonds. The van der Waals surface area contributed by atoms with Crippen LogP contribution in [0.25, 0.3) is 0 Å². The first-order valence-electron chi connectivity index (χ1n) is 8.07. The maximum Gasteiger partial charge on any atom is 0.417 e. The number of benzene rings is 1. The fourth-order valence-corrected chi connectivity index (χ4v) is 3.07. The van der Waals surface area contributed by atoms with Crippen molar-refractivity contribution in [2.24, 2.45) is 0 Å². The van der Waals surface area contributed by atoms with Crippen LogP contribution in [0, 0.1) is 13.8 Å². The number of carbonyl (C=O) groups excluding carboxylic acids is 3. The number of nitrogens with one attached hydrogen (secondary N) is 1. The fraction of sp³-hybridized carbons (Fsp3) is 0.471. The zero-order valence-electron chi connectivity index (χ0n) is 13.9. The second-order valence-corrected chi connectivity index (χ2v) is 6.27. The van der Waals surface area contributed by atoms with E-state index in [1.54, 1.807) is 4.90 Å². The van der Waals surface area contributed by atoms with Gasteiger partial charge in [0.2, 0.25) is 0 Å². The van der Waals surface area contributed by atoms with Gasteiger partial charge < -0.3 is 15.0 Å². The van der Waals surface area contributed by atoms with Crippen LogP contribution in [0.4, 0.5) is 15.3 Å². The molecule has 2 aliphatic rings. The fourth-order valence-electron chi connectivity index (χ4n) is 3.07. The van der Waals surface area contributed by atoms with Gasteiger partial charge in [-0.3, -0.25) is 4.79 Å². The molecule has 0 bridgehead atoms. The Bertz CT molecular complexity index is 664. The van der Waals surface area contributed by atoms with Gasteiger partial charge in [0, 0.05) is 24.8 Å². The largest absolute Gasteiger partial charge is 0.439 e. The van der Waals surface area contributed by atoms with E-state index in [0.717, 1.165) is 11.3 Å². The van der Waals surface area contributed by atoms with E-state index in [0.29, 0.717) is 25.9 Å². The van der Waals surface area contributed by atoms with Crippen molar-refractivity contribution in [3.63, 3.8) is 0 Å². The molecule has 2 saturated heterocycles. The number of cyclic esters (lactones) is 1. The van der Waals surface area contributed by atoms with E-state index in [2.05, 4.69) is 5.32 Å². The first-order chi connectivity index (χ1) is 11.5. The van der Waals surface area contributed by atoms with E-state index in [1.165, 1.54) is 10.5 Å². The number of imide groups is 1. The molecule has 1 aromatic carbocycles. The van der Waals surface area contributed by atoms with Crippen LogP contribution in [-0.4, -0.2) is 53.6 Å². The summed E-state index contributed by atoms with van der Waals surface area (Å²) in [6, 6.07) is 5.46. The summed E-state index contributed by atoms with van der Waals surface area (Å²) in [7, 11) is 0. The molecule has 2 heterocycles. The number of aryl methyl sites for hydroxylation is 2. The summed E-state index contributed by atoms with van der Waals surface area (Å²) in [5.41, 5.74) is 3.07. The normalized spacial score (nSPS) is 18.8. The van der Waals surface area contributed by atoms with Crippen LogP contribution in [0.5, 0.6) is 0 Å². The second kappa shape index (κ2) is 6.51. The molecule has 2 fully saturated rings. The number of urea groups is 1. The highest BCUT2D eigenvalue weighted by molar-refractivity contribution is 5.98. The Hall–Kier alpha value is -2.57. The molecule has 0 radical (unpaired) electrons. The highest BCUT2D eigenvalue weighted by Gasteiger charge is 2.38. The average Bonchev–Trinajstić information content (AvgIpc) is 2.90. The smallest absolute Gasteiger partial charge is 0.417 e. The van der Waals surface area contributed by atoms with Crippen molar-refractivity contribution in [2.75, 3.05) is 25.0 Å². The minimum Gasteiger partial charge on any atom is -0.439 e. The molecule has 2 aliphatic heterocycles. The maximum atomic E-state index is 12.4. The van der Waals surface area contributed by atoms with Gasteiger partial charge in [-0.25, -0.2) is 14.5 Å². The van der Waals surface area contributed by atoms with Gasteiger partial charge in [-0.05, 0) is 49.9 Å². The van der Waals surface area contributed by atoms with Crippen LogP contribution >= 0.6 is 0 Å². The minimum absolute atomic E-state index is 0.160. The number of ether oxygens (including phenoxy) is 1. The van der Waals surface area contributed by atoms with Gasteiger partial charge >= 0.3 is 12.1 Å². The van der Waals surface area contributed by atoms with Gasteiger partial charge in [-0.15, -0.1) is 0 Å². The van der Waals surface area contributed by atoms with Crippen molar-refractivity contribution in [2.45, 2.75) is 32.7 Å². The van der Waals surface area contributed by atoms with E-state index in [-0.39, 0.29) is 24.6 Å². The van der Waals surface area contributed by atoms with Gasteiger partial charge in [-0.2, -0.15) is 0 Å². The zero-order chi connectivity index (χ0) is 17.3. The van der Waals surface area contributed by atoms with Gasteiger partial charge in [0.05, 0.1) is 0 Å². The van der Waals surface area contributed by atoms with E-state index in [9.17, 15) is 14.4 Å². The first kappa shape index (κ1) is 16.3. The molecular weight excluding hydrogens is 310 g/mol. The number of carbonyl (C=O) groups is 3. The van der Waals surface area contributed by atoms with Gasteiger partial charge in [-0.1, -0.05) is 6.07 Å². The van der Waals surface area contributed by atoms with E-state index in [4.69, 9.17) is 4.74 Å². The number of amides is 4. The molecule has 0 atom stereocenters. The Morgan fingerprint density at radius 1 is 1.17 bits per heavy atom. The lowest BCUT2D eigenvalue weighted by atomic mass is 10.0. The quantitative estimate of drug-likeness (QED) is 0.902. The van der Waals surface area contributed by atoms with Crippen molar-refractivity contribution in [3.8, 4) is 0 Å². The van der Waals surface area contributed by atoms with Crippen LogP contribution in [-0.2, 0) is 9.53 Å². The molecule has 1 aromatic rings. The van der Waals surface area contributed by atoms with Gasteiger partial charge in [0.1, 0.15) is 0 Å². The summed E-state index contributed by atoms with van der Waals surface area (Å²) in [5, 5.41) is 2.90. The lowest BCUT2D eigenvalue weighted by Gasteiger charge is -2.34. The van der Waals surface area contributed by atoms with E-state index < -0.39 is 6.09 Å². The van der Waals surface area contributed by atoms with Crippen LogP contribution in [0.2, 0.25) is 0 Å². The maximum absolute atomic E-state index is 12.4. The first-order valence-corrected chi connectivity index (χ1v) is 8.07. The van der Waals surface area contributed by atoms with Gasteiger partial charge in [0.25, 0.3) is 5.91 Å². The van der Waals surface area contributed by atoms with Crippen LogP contribution < -0.4 is 5.32 Å². The van der Waals surface area contributed by atoms with Crippen molar-refractivity contribution in [1.29, 1.82) is 0 Å². The van der Waals surface area contributed by atoms with E-state index >= 15 is 0 Å². The molecule has 0 unspecified atom stereocenters. The molecule has 0 aromatic heterocycles. The number of nitrogens with zero attached hydrogens (tertiary/aromatic N) is 2. The Balaban J connectivity index is 1.56. The van der Waals surface area contributed by atoms with Gasteiger partial charge in [0.15, 0.2) is 6.61 Å². The molecule has 3 rings (SSSR count). The Labute approximate surface area is 140 Å². The zero-order valence-corrected chi connectivity index (χ0v) is 13.9. The predicted molar refractivity (Wildman–Crippen MR) is 87.7 cm³/mol. The SMILES string of the molecule is Cc1ccc(NC(=O)N2CCC(N3C(=O)COC3=O)CC2)cc1C. The molecule has 0 spiro atoms. The summed E-state index contributed by atoms with van der Waals surface area (Å²) >= 11 is 0. The number of rotatable bonds is 2. The summed E-state index contributed by atoms with van der Waals surface area (Å²) in [5.74, 6) is -0.293. The minimum atomic E-state index is -0.571. The highest BCUT2D eigenvalue weighted by atomic mass is 16.6. The third-order valence-corrected chi connectivity index (χ3v) is 4.66. The van der Waals surface area contributed by atoms with E-state index in [1.807, 2.05) is 32.0 Å². The van der Waals surface area contributed by atoms with Crippen LogP contribution in [0.1, 0.15) is 24.0 Å². The predicted octanol–water partition coefficient (Wildman–Crippen LogP) is 2.28. The van der Waals surface area contributed by atoms with Crippen LogP contribution in [0.3, 0.4) is 0 Å². The molecular formula is C17H21N3O4. The number of hydrogen-bond donors (Lipinski definition) is 1. The molecule has 1 N–H and O–H groups in total. The van der Waals surface area contributed by atoms with Crippen molar-refractivity contribution >= 4 is 23.7 Å². The summed E-state index contributed by atoms with van der Waals surface area (Å²) in [6.07, 6.45) is 0.570. The monoisotopic (exact) mass is 331 g/mol. The lowest BCUT2D eigenvalue weighted by Crippen LogP contribution is -2.49. The Morgan fingerprint density at radius 3 is 2.46 bits per heavy atom. The second-order valence-electron chi connectivity index (χ2n) is 6.27. The molecule has 0 saturated carbocycles. The summed E-state index contributed by atoms with van der Waals surface area (Å²) in [4.78, 5) is 38.5.